The van der Waals surface area contributed by atoms with E-state index in [4.69, 9.17) is 11.6 Å². The lowest BCUT2D eigenvalue weighted by molar-refractivity contribution is -0.122. The second kappa shape index (κ2) is 7.62. The number of fused-ring (bicyclic) bond motifs is 1. The number of thioether (sulfide) groups is 1. The zero-order chi connectivity index (χ0) is 19.7. The number of halogens is 1. The Morgan fingerprint density at radius 3 is 2.46 bits per heavy atom. The highest BCUT2D eigenvalue weighted by atomic mass is 35.5. The van der Waals surface area contributed by atoms with Crippen LogP contribution in [0.5, 0.6) is 0 Å². The first-order valence-electron chi connectivity index (χ1n) is 8.55. The SMILES string of the molecule is O=C(CN1C(=O)S/C(=C/c2cccc3ccccc23)C1=O)c1ccc(Cl)cc1. The summed E-state index contributed by atoms with van der Waals surface area (Å²) in [6, 6.07) is 20.0. The number of hydrogen-bond donors (Lipinski definition) is 0. The van der Waals surface area contributed by atoms with Gasteiger partial charge in [-0.05, 0) is 58.4 Å². The zero-order valence-electron chi connectivity index (χ0n) is 14.6. The predicted molar refractivity (Wildman–Crippen MR) is 112 cm³/mol. The molecule has 1 saturated heterocycles. The number of Topliss-reactive ketones (excluding diaryl/α,β-unsaturated/α-hetero) is 1. The van der Waals surface area contributed by atoms with Gasteiger partial charge in [-0.15, -0.1) is 0 Å². The molecule has 0 atom stereocenters. The fourth-order valence-corrected chi connectivity index (χ4v) is 3.98. The largest absolute Gasteiger partial charge is 0.293 e. The van der Waals surface area contributed by atoms with Gasteiger partial charge >= 0.3 is 0 Å². The van der Waals surface area contributed by atoms with Gasteiger partial charge in [-0.3, -0.25) is 19.3 Å². The molecular weight excluding hydrogens is 394 g/mol. The summed E-state index contributed by atoms with van der Waals surface area (Å²) in [4.78, 5) is 38.8. The van der Waals surface area contributed by atoms with Gasteiger partial charge < -0.3 is 0 Å². The normalized spacial score (nSPS) is 15.6. The van der Waals surface area contributed by atoms with Crippen molar-refractivity contribution in [2.24, 2.45) is 0 Å². The molecule has 1 aliphatic heterocycles. The lowest BCUT2D eigenvalue weighted by Crippen LogP contribution is -2.33. The van der Waals surface area contributed by atoms with E-state index in [1.165, 1.54) is 0 Å². The Kier molecular flexibility index (Phi) is 5.03. The number of ketones is 1. The summed E-state index contributed by atoms with van der Waals surface area (Å²) in [7, 11) is 0. The average molecular weight is 408 g/mol. The Bertz CT molecular complexity index is 1130. The van der Waals surface area contributed by atoms with Crippen molar-refractivity contribution in [2.45, 2.75) is 0 Å². The molecule has 3 aromatic carbocycles. The molecule has 138 valence electrons. The third-order valence-electron chi connectivity index (χ3n) is 4.45. The molecular formula is C22H14ClNO3S. The fourth-order valence-electron chi connectivity index (χ4n) is 3.02. The molecule has 3 aromatic rings. The van der Waals surface area contributed by atoms with Gasteiger partial charge in [0, 0.05) is 10.6 Å². The molecule has 0 aromatic heterocycles. The monoisotopic (exact) mass is 407 g/mol. The van der Waals surface area contributed by atoms with E-state index in [1.54, 1.807) is 30.3 Å². The summed E-state index contributed by atoms with van der Waals surface area (Å²) in [5.41, 5.74) is 1.26. The maximum Gasteiger partial charge on any atom is 0.293 e. The standard InChI is InChI=1S/C22H14ClNO3S/c23-17-10-8-15(9-11-17)19(25)13-24-21(26)20(28-22(24)27)12-16-6-3-5-14-4-1-2-7-18(14)16/h1-12H,13H2/b20-12+. The summed E-state index contributed by atoms with van der Waals surface area (Å²) < 4.78 is 0. The molecule has 1 heterocycles. The maximum atomic E-state index is 12.7. The van der Waals surface area contributed by atoms with Gasteiger partial charge in [-0.1, -0.05) is 54.1 Å². The average Bonchev–Trinajstić information content (AvgIpc) is 2.96. The topological polar surface area (TPSA) is 54.5 Å². The van der Waals surface area contributed by atoms with Crippen LogP contribution in [0.25, 0.3) is 16.8 Å². The van der Waals surface area contributed by atoms with Gasteiger partial charge in [0.25, 0.3) is 11.1 Å². The summed E-state index contributed by atoms with van der Waals surface area (Å²) in [5, 5.41) is 2.11. The van der Waals surface area contributed by atoms with E-state index < -0.39 is 11.1 Å². The highest BCUT2D eigenvalue weighted by Gasteiger charge is 2.36. The molecule has 2 amide bonds. The molecule has 0 saturated carbocycles. The Hall–Kier alpha value is -2.89. The van der Waals surface area contributed by atoms with Crippen molar-refractivity contribution in [1.82, 2.24) is 4.90 Å². The van der Waals surface area contributed by atoms with Crippen molar-refractivity contribution >= 4 is 57.1 Å². The van der Waals surface area contributed by atoms with Crippen molar-refractivity contribution in [2.75, 3.05) is 6.54 Å². The first kappa shape index (κ1) is 18.5. The Balaban J connectivity index is 1.59. The van der Waals surface area contributed by atoms with Gasteiger partial charge in [-0.2, -0.15) is 0 Å². The number of carbonyl (C=O) groups is 3. The van der Waals surface area contributed by atoms with Gasteiger partial charge in [-0.25, -0.2) is 0 Å². The highest BCUT2D eigenvalue weighted by molar-refractivity contribution is 8.18. The van der Waals surface area contributed by atoms with Crippen LogP contribution in [0.2, 0.25) is 5.02 Å². The van der Waals surface area contributed by atoms with Crippen LogP contribution in [-0.2, 0) is 4.79 Å². The molecule has 4 rings (SSSR count). The summed E-state index contributed by atoms with van der Waals surface area (Å²) >= 11 is 6.68. The van der Waals surface area contributed by atoms with E-state index in [0.29, 0.717) is 15.5 Å². The highest BCUT2D eigenvalue weighted by Crippen LogP contribution is 2.33. The Morgan fingerprint density at radius 1 is 0.964 bits per heavy atom. The molecule has 0 N–H and O–H groups in total. The number of carbonyl (C=O) groups excluding carboxylic acids is 3. The molecule has 6 heteroatoms. The van der Waals surface area contributed by atoms with E-state index in [1.807, 2.05) is 42.5 Å². The summed E-state index contributed by atoms with van der Waals surface area (Å²) in [6.07, 6.45) is 1.71. The molecule has 0 radical (unpaired) electrons. The molecule has 1 aliphatic rings. The quantitative estimate of drug-likeness (QED) is 0.428. The Morgan fingerprint density at radius 2 is 1.68 bits per heavy atom. The number of hydrogen-bond acceptors (Lipinski definition) is 4. The minimum Gasteiger partial charge on any atom is -0.292 e. The number of nitrogens with zero attached hydrogens (tertiary/aromatic N) is 1. The molecule has 0 spiro atoms. The van der Waals surface area contributed by atoms with Crippen LogP contribution in [0.4, 0.5) is 4.79 Å². The summed E-state index contributed by atoms with van der Waals surface area (Å²) in [6.45, 7) is -0.292. The number of rotatable bonds is 4. The molecule has 0 unspecified atom stereocenters. The molecule has 1 fully saturated rings. The first-order chi connectivity index (χ1) is 13.5. The first-order valence-corrected chi connectivity index (χ1v) is 9.74. The number of benzene rings is 3. The van der Waals surface area contributed by atoms with Crippen LogP contribution in [0.1, 0.15) is 15.9 Å². The van der Waals surface area contributed by atoms with Crippen molar-refractivity contribution < 1.29 is 14.4 Å². The predicted octanol–water partition coefficient (Wildman–Crippen LogP) is 5.41. The third kappa shape index (κ3) is 3.59. The third-order valence-corrected chi connectivity index (χ3v) is 5.61. The molecule has 28 heavy (non-hydrogen) atoms. The minimum atomic E-state index is -0.453. The minimum absolute atomic E-state index is 0.292. The van der Waals surface area contributed by atoms with E-state index in [-0.39, 0.29) is 12.3 Å². The lowest BCUT2D eigenvalue weighted by Gasteiger charge is -2.11. The fraction of sp³-hybridized carbons (Fsp3) is 0.0455. The van der Waals surface area contributed by atoms with Crippen LogP contribution in [0, 0.1) is 0 Å². The molecule has 4 nitrogen and oxygen atoms in total. The smallest absolute Gasteiger partial charge is 0.292 e. The zero-order valence-corrected chi connectivity index (χ0v) is 16.2. The van der Waals surface area contributed by atoms with Gasteiger partial charge in [0.2, 0.25) is 0 Å². The van der Waals surface area contributed by atoms with Crippen molar-refractivity contribution in [3.63, 3.8) is 0 Å². The second-order valence-corrected chi connectivity index (χ2v) is 7.70. The van der Waals surface area contributed by atoms with E-state index in [9.17, 15) is 14.4 Å². The lowest BCUT2D eigenvalue weighted by atomic mass is 10.0. The van der Waals surface area contributed by atoms with E-state index in [0.717, 1.165) is 33.0 Å². The van der Waals surface area contributed by atoms with Crippen LogP contribution >= 0.6 is 23.4 Å². The van der Waals surface area contributed by atoms with Gasteiger partial charge in [0.05, 0.1) is 11.4 Å². The van der Waals surface area contributed by atoms with E-state index >= 15 is 0 Å². The maximum absolute atomic E-state index is 12.7. The molecule has 0 bridgehead atoms. The summed E-state index contributed by atoms with van der Waals surface area (Å²) in [5.74, 6) is -0.768. The van der Waals surface area contributed by atoms with E-state index in [2.05, 4.69) is 0 Å². The van der Waals surface area contributed by atoms with Crippen LogP contribution in [0.15, 0.2) is 71.6 Å². The van der Waals surface area contributed by atoms with Crippen molar-refractivity contribution in [3.05, 3.63) is 87.8 Å². The second-order valence-electron chi connectivity index (χ2n) is 6.27. The number of amides is 2. The van der Waals surface area contributed by atoms with Crippen LogP contribution < -0.4 is 0 Å². The van der Waals surface area contributed by atoms with Crippen LogP contribution in [0.3, 0.4) is 0 Å². The number of imide groups is 1. The van der Waals surface area contributed by atoms with Gasteiger partial charge in [0.1, 0.15) is 0 Å². The van der Waals surface area contributed by atoms with Crippen LogP contribution in [-0.4, -0.2) is 28.4 Å². The molecule has 0 aliphatic carbocycles. The Labute approximate surface area is 170 Å². The van der Waals surface area contributed by atoms with Gasteiger partial charge in [0.15, 0.2) is 5.78 Å². The van der Waals surface area contributed by atoms with Crippen molar-refractivity contribution in [3.8, 4) is 0 Å². The van der Waals surface area contributed by atoms with Crippen molar-refractivity contribution in [1.29, 1.82) is 0 Å².